The number of para-hydroxylation sites is 1. The quantitative estimate of drug-likeness (QED) is 0.792. The van der Waals surface area contributed by atoms with Crippen LogP contribution in [0.3, 0.4) is 0 Å². The van der Waals surface area contributed by atoms with E-state index in [4.69, 9.17) is 4.74 Å². The van der Waals surface area contributed by atoms with Gasteiger partial charge in [-0.3, -0.25) is 20.4 Å². The Kier molecular flexibility index (Phi) is 6.51. The Bertz CT molecular complexity index is 722. The molecule has 0 radical (unpaired) electrons. The average Bonchev–Trinajstić information content (AvgIpc) is 2.62. The molecule has 2 rings (SSSR count). The van der Waals surface area contributed by atoms with E-state index in [2.05, 4.69) is 10.9 Å². The molecule has 0 spiro atoms. The van der Waals surface area contributed by atoms with Crippen molar-refractivity contribution >= 4 is 11.8 Å². The first kappa shape index (κ1) is 18.4. The number of hydrazine groups is 1. The van der Waals surface area contributed by atoms with Gasteiger partial charge in [-0.25, -0.2) is 4.39 Å². The highest BCUT2D eigenvalue weighted by Crippen LogP contribution is 2.18. The van der Waals surface area contributed by atoms with E-state index in [1.54, 1.807) is 6.07 Å². The minimum absolute atomic E-state index is 0.0187. The summed E-state index contributed by atoms with van der Waals surface area (Å²) in [5, 5.41) is 0. The monoisotopic (exact) mass is 344 g/mol. The lowest BCUT2D eigenvalue weighted by molar-refractivity contribution is -0.132. The van der Waals surface area contributed by atoms with Gasteiger partial charge < -0.3 is 4.74 Å². The van der Waals surface area contributed by atoms with Crippen LogP contribution in [-0.2, 0) is 9.59 Å². The number of carbonyl (C=O) groups is 2. The van der Waals surface area contributed by atoms with Crippen molar-refractivity contribution in [3.8, 4) is 5.75 Å². The van der Waals surface area contributed by atoms with Crippen molar-refractivity contribution < 1.29 is 18.7 Å². The highest BCUT2D eigenvalue weighted by Gasteiger charge is 2.18. The summed E-state index contributed by atoms with van der Waals surface area (Å²) >= 11 is 0. The van der Waals surface area contributed by atoms with Gasteiger partial charge in [0.15, 0.2) is 17.7 Å². The minimum Gasteiger partial charge on any atom is -0.478 e. The Labute approximate surface area is 146 Å². The van der Waals surface area contributed by atoms with E-state index >= 15 is 0 Å². The third kappa shape index (κ3) is 5.60. The van der Waals surface area contributed by atoms with E-state index in [0.717, 1.165) is 5.56 Å². The van der Waals surface area contributed by atoms with E-state index in [1.165, 1.54) is 25.1 Å². The number of rotatable bonds is 6. The number of carbonyl (C=O) groups excluding carboxylic acids is 2. The molecule has 0 saturated heterocycles. The zero-order valence-electron chi connectivity index (χ0n) is 14.2. The fourth-order valence-corrected chi connectivity index (χ4v) is 2.25. The van der Waals surface area contributed by atoms with Crippen LogP contribution in [0.4, 0.5) is 4.39 Å². The first-order valence-electron chi connectivity index (χ1n) is 8.02. The first-order chi connectivity index (χ1) is 12.0. The van der Waals surface area contributed by atoms with Crippen LogP contribution < -0.4 is 15.6 Å². The van der Waals surface area contributed by atoms with Gasteiger partial charge in [-0.15, -0.1) is 0 Å². The largest absolute Gasteiger partial charge is 0.478 e. The topological polar surface area (TPSA) is 67.4 Å². The Balaban J connectivity index is 1.79. The molecule has 0 fully saturated rings. The molecule has 2 amide bonds. The molecule has 25 heavy (non-hydrogen) atoms. The SMILES string of the molecule is C[C@H](CC(=O)NNC(=O)[C@@H](C)Oc1ccccc1F)c1ccccc1. The van der Waals surface area contributed by atoms with Crippen molar-refractivity contribution in [1.29, 1.82) is 0 Å². The molecule has 2 atom stereocenters. The maximum Gasteiger partial charge on any atom is 0.279 e. The van der Waals surface area contributed by atoms with Gasteiger partial charge in [-0.1, -0.05) is 49.4 Å². The second-order valence-corrected chi connectivity index (χ2v) is 5.74. The van der Waals surface area contributed by atoms with Crippen molar-refractivity contribution in [1.82, 2.24) is 10.9 Å². The second kappa shape index (κ2) is 8.82. The van der Waals surface area contributed by atoms with Crippen LogP contribution in [0.15, 0.2) is 54.6 Å². The van der Waals surface area contributed by atoms with Crippen LogP contribution in [0.5, 0.6) is 5.75 Å². The lowest BCUT2D eigenvalue weighted by atomic mass is 9.98. The molecule has 0 heterocycles. The third-order valence-corrected chi connectivity index (χ3v) is 3.69. The molecule has 0 unspecified atom stereocenters. The van der Waals surface area contributed by atoms with Gasteiger partial charge in [0, 0.05) is 6.42 Å². The third-order valence-electron chi connectivity index (χ3n) is 3.69. The summed E-state index contributed by atoms with van der Waals surface area (Å²) in [5.41, 5.74) is 5.69. The minimum atomic E-state index is -0.955. The summed E-state index contributed by atoms with van der Waals surface area (Å²) < 4.78 is 18.8. The van der Waals surface area contributed by atoms with Crippen LogP contribution >= 0.6 is 0 Å². The lowest BCUT2D eigenvalue weighted by Crippen LogP contribution is -2.47. The van der Waals surface area contributed by atoms with E-state index < -0.39 is 17.8 Å². The van der Waals surface area contributed by atoms with Crippen LogP contribution in [0, 0.1) is 5.82 Å². The number of benzene rings is 2. The van der Waals surface area contributed by atoms with Gasteiger partial charge in [0.25, 0.3) is 5.91 Å². The molecular formula is C19H21FN2O3. The normalized spacial score (nSPS) is 12.8. The Morgan fingerprint density at radius 1 is 1.00 bits per heavy atom. The van der Waals surface area contributed by atoms with Crippen molar-refractivity contribution in [2.24, 2.45) is 0 Å². The highest BCUT2D eigenvalue weighted by atomic mass is 19.1. The zero-order valence-corrected chi connectivity index (χ0v) is 14.2. The molecule has 0 aliphatic carbocycles. The molecule has 0 aliphatic heterocycles. The summed E-state index contributed by atoms with van der Waals surface area (Å²) in [4.78, 5) is 23.9. The molecule has 6 heteroatoms. The summed E-state index contributed by atoms with van der Waals surface area (Å²) in [7, 11) is 0. The van der Waals surface area contributed by atoms with Crippen molar-refractivity contribution in [2.75, 3.05) is 0 Å². The molecule has 0 saturated carbocycles. The predicted molar refractivity (Wildman–Crippen MR) is 92.2 cm³/mol. The van der Waals surface area contributed by atoms with E-state index in [9.17, 15) is 14.0 Å². The first-order valence-corrected chi connectivity index (χ1v) is 8.02. The smallest absolute Gasteiger partial charge is 0.279 e. The second-order valence-electron chi connectivity index (χ2n) is 5.74. The molecule has 2 aromatic rings. The number of amides is 2. The van der Waals surface area contributed by atoms with Crippen molar-refractivity contribution in [3.05, 3.63) is 66.0 Å². The van der Waals surface area contributed by atoms with Gasteiger partial charge in [-0.05, 0) is 30.5 Å². The van der Waals surface area contributed by atoms with E-state index in [1.807, 2.05) is 37.3 Å². The Hall–Kier alpha value is -2.89. The number of nitrogens with one attached hydrogen (secondary N) is 2. The fraction of sp³-hybridized carbons (Fsp3) is 0.263. The maximum absolute atomic E-state index is 13.5. The van der Waals surface area contributed by atoms with Crippen LogP contribution in [0.1, 0.15) is 31.7 Å². The van der Waals surface area contributed by atoms with Crippen molar-refractivity contribution in [2.45, 2.75) is 32.3 Å². The molecule has 132 valence electrons. The number of hydrogen-bond acceptors (Lipinski definition) is 3. The zero-order chi connectivity index (χ0) is 18.2. The number of halogens is 1. The van der Waals surface area contributed by atoms with E-state index in [-0.39, 0.29) is 24.0 Å². The maximum atomic E-state index is 13.5. The van der Waals surface area contributed by atoms with Crippen LogP contribution in [0.2, 0.25) is 0 Å². The fourth-order valence-electron chi connectivity index (χ4n) is 2.25. The number of hydrogen-bond donors (Lipinski definition) is 2. The number of ether oxygens (including phenoxy) is 1. The summed E-state index contributed by atoms with van der Waals surface area (Å²) in [6.45, 7) is 3.40. The van der Waals surface area contributed by atoms with Gasteiger partial charge >= 0.3 is 0 Å². The van der Waals surface area contributed by atoms with Crippen molar-refractivity contribution in [3.63, 3.8) is 0 Å². The van der Waals surface area contributed by atoms with Gasteiger partial charge in [0.2, 0.25) is 5.91 Å². The lowest BCUT2D eigenvalue weighted by Gasteiger charge is -2.16. The summed E-state index contributed by atoms with van der Waals surface area (Å²) in [5.74, 6) is -1.44. The molecule has 2 N–H and O–H groups in total. The standard InChI is InChI=1S/C19H21FN2O3/c1-13(15-8-4-3-5-9-15)12-18(23)21-22-19(24)14(2)25-17-11-7-6-10-16(17)20/h3-11,13-14H,12H2,1-2H3,(H,21,23)(H,22,24)/t13-,14-/m1/s1. The Morgan fingerprint density at radius 3 is 2.32 bits per heavy atom. The molecule has 0 aliphatic rings. The van der Waals surface area contributed by atoms with Gasteiger partial charge in [-0.2, -0.15) is 0 Å². The van der Waals surface area contributed by atoms with Gasteiger partial charge in [0.1, 0.15) is 0 Å². The molecule has 5 nitrogen and oxygen atoms in total. The summed E-state index contributed by atoms with van der Waals surface area (Å²) in [6, 6.07) is 15.4. The molecular weight excluding hydrogens is 323 g/mol. The summed E-state index contributed by atoms with van der Waals surface area (Å²) in [6.07, 6.45) is -0.726. The van der Waals surface area contributed by atoms with Crippen LogP contribution in [0.25, 0.3) is 0 Å². The van der Waals surface area contributed by atoms with Crippen LogP contribution in [-0.4, -0.2) is 17.9 Å². The molecule has 0 aromatic heterocycles. The van der Waals surface area contributed by atoms with E-state index in [0.29, 0.717) is 0 Å². The predicted octanol–water partition coefficient (Wildman–Crippen LogP) is 2.93. The highest BCUT2D eigenvalue weighted by molar-refractivity contribution is 5.84. The average molecular weight is 344 g/mol. The molecule has 0 bridgehead atoms. The Morgan fingerprint density at radius 2 is 1.64 bits per heavy atom. The molecule has 2 aromatic carbocycles. The van der Waals surface area contributed by atoms with Gasteiger partial charge in [0.05, 0.1) is 0 Å².